The maximum atomic E-state index is 11.3. The number of halogens is 1. The number of hydrogen-bond acceptors (Lipinski definition) is 2. The van der Waals surface area contributed by atoms with Gasteiger partial charge in [0.15, 0.2) is 5.96 Å². The summed E-state index contributed by atoms with van der Waals surface area (Å²) in [6, 6.07) is 8.70. The Labute approximate surface area is 180 Å². The lowest BCUT2D eigenvalue weighted by molar-refractivity contribution is -0.119. The number of benzene rings is 1. The summed E-state index contributed by atoms with van der Waals surface area (Å²) < 4.78 is 0. The van der Waals surface area contributed by atoms with Crippen molar-refractivity contribution in [1.82, 2.24) is 10.2 Å². The molecule has 1 aromatic carbocycles. The molecule has 1 aromatic rings. The fourth-order valence-electron chi connectivity index (χ4n) is 4.19. The van der Waals surface area contributed by atoms with Crippen LogP contribution in [-0.4, -0.2) is 42.9 Å². The van der Waals surface area contributed by atoms with E-state index in [0.717, 1.165) is 45.0 Å². The van der Waals surface area contributed by atoms with Crippen molar-refractivity contribution in [3.63, 3.8) is 0 Å². The molecule has 3 rings (SSSR count). The highest BCUT2D eigenvalue weighted by molar-refractivity contribution is 14.0. The minimum Gasteiger partial charge on any atom is -0.370 e. The number of likely N-dealkylation sites (tertiary alicyclic amines) is 1. The van der Waals surface area contributed by atoms with Crippen LogP contribution in [0.4, 0.5) is 0 Å². The number of amides is 1. The number of aliphatic imine (C=N–C) groups is 1. The molecule has 1 aliphatic carbocycles. The molecule has 0 spiro atoms. The van der Waals surface area contributed by atoms with Gasteiger partial charge in [0.2, 0.25) is 5.91 Å². The maximum Gasteiger partial charge on any atom is 0.217 e. The number of piperidine rings is 1. The Morgan fingerprint density at radius 2 is 2.11 bits per heavy atom. The molecule has 1 heterocycles. The second-order valence-electron chi connectivity index (χ2n) is 7.89. The Hall–Kier alpha value is -1.31. The molecule has 5 nitrogen and oxygen atoms in total. The standard InChI is InChI=1S/C21H32N4O.HI/c1-3-23-20(25-12-6-8-17(14-25)13-19(22)26)24-15-21(10-11-21)18-9-5-4-7-16(18)2;/h4-5,7,9,17H,3,6,8,10-15H2,1-2H3,(H2,22,26)(H,23,24);1H. The fraction of sp³-hybridized carbons (Fsp3) is 0.619. The van der Waals surface area contributed by atoms with Gasteiger partial charge in [0.1, 0.15) is 0 Å². The molecule has 1 atom stereocenters. The van der Waals surface area contributed by atoms with Crippen LogP contribution in [0.25, 0.3) is 0 Å². The van der Waals surface area contributed by atoms with Gasteiger partial charge in [-0.15, -0.1) is 24.0 Å². The quantitative estimate of drug-likeness (QED) is 0.370. The van der Waals surface area contributed by atoms with Crippen molar-refractivity contribution in [2.45, 2.75) is 51.4 Å². The highest BCUT2D eigenvalue weighted by atomic mass is 127. The lowest BCUT2D eigenvalue weighted by Gasteiger charge is -2.35. The number of aryl methyl sites for hydroxylation is 1. The van der Waals surface area contributed by atoms with Gasteiger partial charge in [-0.2, -0.15) is 0 Å². The summed E-state index contributed by atoms with van der Waals surface area (Å²) in [5, 5.41) is 3.45. The maximum absolute atomic E-state index is 11.3. The summed E-state index contributed by atoms with van der Waals surface area (Å²) in [6.07, 6.45) is 5.07. The summed E-state index contributed by atoms with van der Waals surface area (Å²) in [4.78, 5) is 18.6. The first-order valence-electron chi connectivity index (χ1n) is 9.92. The molecule has 27 heavy (non-hydrogen) atoms. The van der Waals surface area contributed by atoms with E-state index in [1.54, 1.807) is 0 Å². The van der Waals surface area contributed by atoms with Crippen molar-refractivity contribution >= 4 is 35.8 Å². The molecule has 2 aliphatic rings. The predicted molar refractivity (Wildman–Crippen MR) is 122 cm³/mol. The molecule has 3 N–H and O–H groups in total. The first-order chi connectivity index (χ1) is 12.5. The smallest absolute Gasteiger partial charge is 0.217 e. The number of carbonyl (C=O) groups excluding carboxylic acids is 1. The van der Waals surface area contributed by atoms with Gasteiger partial charge in [-0.3, -0.25) is 9.79 Å². The molecule has 1 aliphatic heterocycles. The summed E-state index contributed by atoms with van der Waals surface area (Å²) in [5.41, 5.74) is 8.43. The third-order valence-corrected chi connectivity index (χ3v) is 5.74. The Bertz CT molecular complexity index is 672. The van der Waals surface area contributed by atoms with Crippen LogP contribution in [0.2, 0.25) is 0 Å². The normalized spacial score (nSPS) is 21.3. The number of rotatable bonds is 6. The molecular weight excluding hydrogens is 451 g/mol. The monoisotopic (exact) mass is 484 g/mol. The molecule has 2 fully saturated rings. The van der Waals surface area contributed by atoms with Gasteiger partial charge in [0.05, 0.1) is 6.54 Å². The SMILES string of the molecule is CCNC(=NCC1(c2ccccc2C)CC1)N1CCCC(CC(N)=O)C1.I. The predicted octanol–water partition coefficient (Wildman–Crippen LogP) is 3.20. The van der Waals surface area contributed by atoms with Crippen LogP contribution in [0, 0.1) is 12.8 Å². The third-order valence-electron chi connectivity index (χ3n) is 5.74. The number of nitrogens with one attached hydrogen (secondary N) is 1. The second-order valence-corrected chi connectivity index (χ2v) is 7.89. The topological polar surface area (TPSA) is 70.7 Å². The van der Waals surface area contributed by atoms with E-state index in [9.17, 15) is 4.79 Å². The number of nitrogens with zero attached hydrogens (tertiary/aromatic N) is 2. The van der Waals surface area contributed by atoms with Crippen LogP contribution in [-0.2, 0) is 10.2 Å². The lowest BCUT2D eigenvalue weighted by atomic mass is 9.92. The summed E-state index contributed by atoms with van der Waals surface area (Å²) in [5.74, 6) is 1.13. The van der Waals surface area contributed by atoms with E-state index in [-0.39, 0.29) is 35.3 Å². The molecule has 1 saturated carbocycles. The summed E-state index contributed by atoms with van der Waals surface area (Å²) >= 11 is 0. The molecule has 1 amide bonds. The molecule has 1 unspecified atom stereocenters. The van der Waals surface area contributed by atoms with Crippen molar-refractivity contribution in [2.75, 3.05) is 26.2 Å². The minimum absolute atomic E-state index is 0. The van der Waals surface area contributed by atoms with Crippen LogP contribution < -0.4 is 11.1 Å². The molecule has 0 aromatic heterocycles. The Morgan fingerprint density at radius 3 is 2.74 bits per heavy atom. The van der Waals surface area contributed by atoms with Crippen molar-refractivity contribution < 1.29 is 4.79 Å². The van der Waals surface area contributed by atoms with Crippen molar-refractivity contribution in [3.8, 4) is 0 Å². The van der Waals surface area contributed by atoms with Gasteiger partial charge < -0.3 is 16.0 Å². The number of primary amides is 1. The molecule has 6 heteroatoms. The highest BCUT2D eigenvalue weighted by Gasteiger charge is 2.45. The summed E-state index contributed by atoms with van der Waals surface area (Å²) in [6.45, 7) is 7.85. The van der Waals surface area contributed by atoms with Gasteiger partial charge in [-0.05, 0) is 56.6 Å². The number of carbonyl (C=O) groups is 1. The zero-order valence-corrected chi connectivity index (χ0v) is 18.9. The van der Waals surface area contributed by atoms with Gasteiger partial charge in [-0.1, -0.05) is 24.3 Å². The van der Waals surface area contributed by atoms with Gasteiger partial charge in [-0.25, -0.2) is 0 Å². The van der Waals surface area contributed by atoms with Crippen LogP contribution >= 0.6 is 24.0 Å². The number of guanidine groups is 1. The largest absolute Gasteiger partial charge is 0.370 e. The number of hydrogen-bond donors (Lipinski definition) is 2. The van der Waals surface area contributed by atoms with Gasteiger partial charge >= 0.3 is 0 Å². The van der Waals surface area contributed by atoms with Gasteiger partial charge in [0, 0.05) is 31.5 Å². The van der Waals surface area contributed by atoms with E-state index in [4.69, 9.17) is 10.7 Å². The molecular formula is C21H33IN4O. The molecule has 1 saturated heterocycles. The van der Waals surface area contributed by atoms with Crippen LogP contribution in [0.15, 0.2) is 29.3 Å². The fourth-order valence-corrected chi connectivity index (χ4v) is 4.19. The molecule has 0 radical (unpaired) electrons. The van der Waals surface area contributed by atoms with E-state index in [1.165, 1.54) is 24.0 Å². The third kappa shape index (κ3) is 5.59. The lowest BCUT2D eigenvalue weighted by Crippen LogP contribution is -2.47. The molecule has 0 bridgehead atoms. The zero-order valence-electron chi connectivity index (χ0n) is 16.5. The average molecular weight is 484 g/mol. The highest BCUT2D eigenvalue weighted by Crippen LogP contribution is 2.49. The van der Waals surface area contributed by atoms with E-state index in [2.05, 4.69) is 48.3 Å². The summed E-state index contributed by atoms with van der Waals surface area (Å²) in [7, 11) is 0. The minimum atomic E-state index is -0.199. The zero-order chi connectivity index (χ0) is 18.6. The number of nitrogens with two attached hydrogens (primary N) is 1. The van der Waals surface area contributed by atoms with Crippen molar-refractivity contribution in [3.05, 3.63) is 35.4 Å². The van der Waals surface area contributed by atoms with Gasteiger partial charge in [0.25, 0.3) is 0 Å². The van der Waals surface area contributed by atoms with Crippen LogP contribution in [0.5, 0.6) is 0 Å². The Morgan fingerprint density at radius 1 is 1.37 bits per heavy atom. The van der Waals surface area contributed by atoms with E-state index >= 15 is 0 Å². The Kier molecular flexibility index (Phi) is 7.94. The van der Waals surface area contributed by atoms with E-state index in [0.29, 0.717) is 12.3 Å². The van der Waals surface area contributed by atoms with Crippen LogP contribution in [0.3, 0.4) is 0 Å². The Balaban J connectivity index is 0.00000261. The van der Waals surface area contributed by atoms with E-state index in [1.807, 2.05) is 0 Å². The van der Waals surface area contributed by atoms with Crippen LogP contribution in [0.1, 0.15) is 50.2 Å². The van der Waals surface area contributed by atoms with Crippen molar-refractivity contribution in [1.29, 1.82) is 0 Å². The second kappa shape index (κ2) is 9.75. The van der Waals surface area contributed by atoms with Crippen molar-refractivity contribution in [2.24, 2.45) is 16.6 Å². The first kappa shape index (κ1) is 22.0. The first-order valence-corrected chi connectivity index (χ1v) is 9.92. The molecule has 150 valence electrons. The van der Waals surface area contributed by atoms with E-state index < -0.39 is 0 Å². The average Bonchev–Trinajstić information content (AvgIpc) is 3.39.